The molecule has 2 aromatic rings. The topological polar surface area (TPSA) is 65.1 Å². The van der Waals surface area contributed by atoms with Crippen molar-refractivity contribution in [1.82, 2.24) is 18.7 Å². The first kappa shape index (κ1) is 17.4. The third kappa shape index (κ3) is 2.59. The summed E-state index contributed by atoms with van der Waals surface area (Å²) in [5.41, 5.74) is 0.652. The van der Waals surface area contributed by atoms with Crippen molar-refractivity contribution in [1.29, 1.82) is 0 Å². The number of nitrogens with zero attached hydrogens (tertiary/aromatic N) is 5. The molecule has 0 aromatic carbocycles. The quantitative estimate of drug-likeness (QED) is 0.842. The molecule has 1 fully saturated rings. The second kappa shape index (κ2) is 6.59. The Balaban J connectivity index is 1.93. The summed E-state index contributed by atoms with van der Waals surface area (Å²) in [5, 5.41) is 0. The zero-order valence-corrected chi connectivity index (χ0v) is 16.1. The van der Waals surface area contributed by atoms with E-state index in [-0.39, 0.29) is 11.2 Å². The third-order valence-electron chi connectivity index (χ3n) is 5.93. The number of hydrogen-bond acceptors (Lipinski definition) is 4. The van der Waals surface area contributed by atoms with E-state index in [2.05, 4.69) is 16.4 Å². The van der Waals surface area contributed by atoms with Gasteiger partial charge >= 0.3 is 5.69 Å². The molecule has 26 heavy (non-hydrogen) atoms. The minimum Gasteiger partial charge on any atom is -0.339 e. The predicted molar refractivity (Wildman–Crippen MR) is 103 cm³/mol. The normalized spacial score (nSPS) is 21.3. The molecule has 0 spiro atoms. The lowest BCUT2D eigenvalue weighted by molar-refractivity contribution is 0.354. The monoisotopic (exact) mass is 359 g/mol. The molecule has 7 heteroatoms. The first-order valence-electron chi connectivity index (χ1n) is 9.99. The van der Waals surface area contributed by atoms with Crippen LogP contribution < -0.4 is 16.1 Å². The molecule has 1 saturated carbocycles. The number of rotatable bonds is 3. The van der Waals surface area contributed by atoms with Gasteiger partial charge in [0.1, 0.15) is 0 Å². The molecule has 1 aliphatic carbocycles. The molecule has 2 aliphatic rings. The summed E-state index contributed by atoms with van der Waals surface area (Å²) in [7, 11) is 1.73. The number of aromatic nitrogens is 4. The van der Waals surface area contributed by atoms with Gasteiger partial charge in [0.25, 0.3) is 5.56 Å². The standard InChI is InChI=1S/C19H29N5O2/c1-4-10-22-17(25)15-16(21(3)19(22)26)20-18-23(11-13(2)12-24(15)18)14-8-6-5-7-9-14/h13-14H,4-12H2,1-3H3/t13-/m1/s1. The first-order valence-corrected chi connectivity index (χ1v) is 9.99. The Kier molecular flexibility index (Phi) is 4.40. The van der Waals surface area contributed by atoms with Crippen LogP contribution in [0.15, 0.2) is 9.59 Å². The second-order valence-corrected chi connectivity index (χ2v) is 8.04. The Hall–Kier alpha value is -2.05. The van der Waals surface area contributed by atoms with Crippen molar-refractivity contribution in [3.05, 3.63) is 20.8 Å². The van der Waals surface area contributed by atoms with Crippen molar-refractivity contribution in [2.75, 3.05) is 11.4 Å². The van der Waals surface area contributed by atoms with Crippen molar-refractivity contribution in [3.63, 3.8) is 0 Å². The highest BCUT2D eigenvalue weighted by molar-refractivity contribution is 5.75. The molecular formula is C19H29N5O2. The molecule has 1 atom stereocenters. The predicted octanol–water partition coefficient (Wildman–Crippen LogP) is 2.10. The summed E-state index contributed by atoms with van der Waals surface area (Å²) in [6, 6.07) is 0.497. The van der Waals surface area contributed by atoms with E-state index in [4.69, 9.17) is 4.98 Å². The van der Waals surface area contributed by atoms with Gasteiger partial charge in [-0.3, -0.25) is 13.9 Å². The van der Waals surface area contributed by atoms with Gasteiger partial charge in [-0.15, -0.1) is 0 Å². The van der Waals surface area contributed by atoms with Gasteiger partial charge in [-0.05, 0) is 25.2 Å². The number of anilines is 1. The smallest absolute Gasteiger partial charge is 0.332 e. The van der Waals surface area contributed by atoms with Crippen LogP contribution in [0.2, 0.25) is 0 Å². The van der Waals surface area contributed by atoms with E-state index in [0.717, 1.165) is 25.5 Å². The molecular weight excluding hydrogens is 330 g/mol. The molecule has 0 N–H and O–H groups in total. The molecule has 0 unspecified atom stereocenters. The van der Waals surface area contributed by atoms with E-state index >= 15 is 0 Å². The largest absolute Gasteiger partial charge is 0.339 e. The van der Waals surface area contributed by atoms with Crippen LogP contribution in [0.25, 0.3) is 11.2 Å². The molecule has 0 saturated heterocycles. The number of hydrogen-bond donors (Lipinski definition) is 0. The lowest BCUT2D eigenvalue weighted by Crippen LogP contribution is -2.45. The summed E-state index contributed by atoms with van der Waals surface area (Å²) in [6.07, 6.45) is 6.97. The summed E-state index contributed by atoms with van der Waals surface area (Å²) >= 11 is 0. The third-order valence-corrected chi connectivity index (χ3v) is 5.93. The van der Waals surface area contributed by atoms with Gasteiger partial charge in [-0.2, -0.15) is 4.98 Å². The molecule has 0 amide bonds. The summed E-state index contributed by atoms with van der Waals surface area (Å²) < 4.78 is 4.98. The van der Waals surface area contributed by atoms with E-state index in [1.54, 1.807) is 11.6 Å². The zero-order valence-electron chi connectivity index (χ0n) is 16.1. The molecule has 0 bridgehead atoms. The van der Waals surface area contributed by atoms with Crippen LogP contribution in [0.5, 0.6) is 0 Å². The van der Waals surface area contributed by atoms with E-state index in [9.17, 15) is 9.59 Å². The van der Waals surface area contributed by atoms with Crippen LogP contribution >= 0.6 is 0 Å². The minimum absolute atomic E-state index is 0.193. The maximum Gasteiger partial charge on any atom is 0.332 e. The van der Waals surface area contributed by atoms with Crippen molar-refractivity contribution in [3.8, 4) is 0 Å². The molecule has 142 valence electrons. The SMILES string of the molecule is CCCn1c(=O)c2c(nc3n2C[C@H](C)CN3C2CCCCC2)n(C)c1=O. The summed E-state index contributed by atoms with van der Waals surface area (Å²) in [5.74, 6) is 1.34. The number of fused-ring (bicyclic) bond motifs is 3. The Labute approximate surface area is 153 Å². The van der Waals surface area contributed by atoms with E-state index in [1.807, 2.05) is 6.92 Å². The van der Waals surface area contributed by atoms with Crippen LogP contribution in [-0.4, -0.2) is 31.3 Å². The fraction of sp³-hybridized carbons (Fsp3) is 0.737. The van der Waals surface area contributed by atoms with E-state index < -0.39 is 0 Å². The fourth-order valence-electron chi connectivity index (χ4n) is 4.66. The van der Waals surface area contributed by atoms with Gasteiger partial charge in [0.15, 0.2) is 11.2 Å². The highest BCUT2D eigenvalue weighted by Crippen LogP contribution is 2.32. The lowest BCUT2D eigenvalue weighted by atomic mass is 9.93. The van der Waals surface area contributed by atoms with Gasteiger partial charge in [-0.25, -0.2) is 4.79 Å². The van der Waals surface area contributed by atoms with Crippen LogP contribution in [-0.2, 0) is 20.1 Å². The second-order valence-electron chi connectivity index (χ2n) is 8.04. The Morgan fingerprint density at radius 2 is 1.85 bits per heavy atom. The lowest BCUT2D eigenvalue weighted by Gasteiger charge is -2.40. The van der Waals surface area contributed by atoms with Gasteiger partial charge in [-0.1, -0.05) is 33.1 Å². The summed E-state index contributed by atoms with van der Waals surface area (Å²) in [6.45, 7) is 6.43. The van der Waals surface area contributed by atoms with Crippen molar-refractivity contribution in [2.45, 2.75) is 71.5 Å². The maximum atomic E-state index is 13.1. The molecule has 7 nitrogen and oxygen atoms in total. The van der Waals surface area contributed by atoms with E-state index in [0.29, 0.717) is 29.7 Å². The molecule has 2 aromatic heterocycles. The minimum atomic E-state index is -0.267. The molecule has 0 radical (unpaired) electrons. The van der Waals surface area contributed by atoms with Crippen molar-refractivity contribution >= 4 is 17.1 Å². The van der Waals surface area contributed by atoms with E-state index in [1.165, 1.54) is 36.7 Å². The van der Waals surface area contributed by atoms with Crippen LogP contribution in [0, 0.1) is 5.92 Å². The first-order chi connectivity index (χ1) is 12.5. The molecule has 4 rings (SSSR count). The van der Waals surface area contributed by atoms with Gasteiger partial charge in [0, 0.05) is 32.7 Å². The number of aryl methyl sites for hydroxylation is 1. The van der Waals surface area contributed by atoms with Crippen molar-refractivity contribution in [2.24, 2.45) is 13.0 Å². The highest BCUT2D eigenvalue weighted by Gasteiger charge is 2.33. The Morgan fingerprint density at radius 1 is 1.12 bits per heavy atom. The molecule has 3 heterocycles. The van der Waals surface area contributed by atoms with Crippen LogP contribution in [0.1, 0.15) is 52.4 Å². The Bertz CT molecular complexity index is 932. The maximum absolute atomic E-state index is 13.1. The fourth-order valence-corrected chi connectivity index (χ4v) is 4.66. The molecule has 1 aliphatic heterocycles. The van der Waals surface area contributed by atoms with Crippen LogP contribution in [0.3, 0.4) is 0 Å². The summed E-state index contributed by atoms with van der Waals surface area (Å²) in [4.78, 5) is 32.9. The average Bonchev–Trinajstić information content (AvgIpc) is 3.03. The van der Waals surface area contributed by atoms with Gasteiger partial charge in [0.05, 0.1) is 0 Å². The van der Waals surface area contributed by atoms with Gasteiger partial charge < -0.3 is 9.47 Å². The van der Waals surface area contributed by atoms with Gasteiger partial charge in [0.2, 0.25) is 5.95 Å². The zero-order chi connectivity index (χ0) is 18.4. The Morgan fingerprint density at radius 3 is 2.54 bits per heavy atom. The average molecular weight is 359 g/mol. The van der Waals surface area contributed by atoms with Crippen molar-refractivity contribution < 1.29 is 0 Å². The van der Waals surface area contributed by atoms with Crippen LogP contribution in [0.4, 0.5) is 5.95 Å². The highest BCUT2D eigenvalue weighted by atomic mass is 16.2. The number of imidazole rings is 1.